The van der Waals surface area contributed by atoms with Gasteiger partial charge in [-0.3, -0.25) is 9.59 Å². The number of aromatic nitrogens is 2. The van der Waals surface area contributed by atoms with E-state index in [1.54, 1.807) is 6.92 Å². The van der Waals surface area contributed by atoms with Gasteiger partial charge < -0.3 is 10.4 Å². The molecule has 0 bridgehead atoms. The molecule has 0 saturated carbocycles. The van der Waals surface area contributed by atoms with Crippen LogP contribution in [0, 0.1) is 5.92 Å². The van der Waals surface area contributed by atoms with Crippen LogP contribution in [0.25, 0.3) is 0 Å². The van der Waals surface area contributed by atoms with E-state index in [2.05, 4.69) is 10.4 Å². The number of nitrogens with one attached hydrogen (secondary N) is 1. The number of carbonyl (C=O) groups excluding carboxylic acids is 1. The van der Waals surface area contributed by atoms with Crippen LogP contribution in [-0.4, -0.2) is 32.8 Å². The van der Waals surface area contributed by atoms with E-state index in [-0.39, 0.29) is 23.7 Å². The summed E-state index contributed by atoms with van der Waals surface area (Å²) in [4.78, 5) is 35.6. The van der Waals surface area contributed by atoms with Crippen molar-refractivity contribution in [3.8, 4) is 0 Å². The number of carbonyl (C=O) groups is 2. The molecular weight excluding hydrogens is 322 g/mol. The highest BCUT2D eigenvalue weighted by atomic mass is 16.4. The van der Waals surface area contributed by atoms with E-state index in [0.29, 0.717) is 6.42 Å². The van der Waals surface area contributed by atoms with Crippen molar-refractivity contribution in [3.63, 3.8) is 0 Å². The Kier molecular flexibility index (Phi) is 6.05. The van der Waals surface area contributed by atoms with Crippen molar-refractivity contribution < 1.29 is 14.7 Å². The molecule has 2 aromatic rings. The SMILES string of the molecule is CC[C@H](C)[C@H](NC(=O)c1ccc(=O)n(Cc2ccccc2)n1)C(=O)O. The summed E-state index contributed by atoms with van der Waals surface area (Å²) in [7, 11) is 0. The van der Waals surface area contributed by atoms with Crippen molar-refractivity contribution in [2.75, 3.05) is 0 Å². The maximum atomic E-state index is 12.3. The van der Waals surface area contributed by atoms with Crippen LogP contribution in [-0.2, 0) is 11.3 Å². The zero-order valence-electron chi connectivity index (χ0n) is 14.2. The van der Waals surface area contributed by atoms with Crippen molar-refractivity contribution in [3.05, 3.63) is 64.1 Å². The number of aliphatic carboxylic acids is 1. The largest absolute Gasteiger partial charge is 0.480 e. The topological polar surface area (TPSA) is 101 Å². The number of hydrogen-bond donors (Lipinski definition) is 2. The highest BCUT2D eigenvalue weighted by Crippen LogP contribution is 2.09. The molecule has 7 nitrogen and oxygen atoms in total. The minimum absolute atomic E-state index is 0.00471. The second kappa shape index (κ2) is 8.23. The molecular formula is C18H21N3O4. The summed E-state index contributed by atoms with van der Waals surface area (Å²) in [6, 6.07) is 10.8. The van der Waals surface area contributed by atoms with Crippen molar-refractivity contribution in [2.45, 2.75) is 32.9 Å². The van der Waals surface area contributed by atoms with Gasteiger partial charge in [0.15, 0.2) is 0 Å². The third kappa shape index (κ3) is 4.76. The van der Waals surface area contributed by atoms with Crippen molar-refractivity contribution in [2.24, 2.45) is 5.92 Å². The van der Waals surface area contributed by atoms with Crippen LogP contribution >= 0.6 is 0 Å². The minimum Gasteiger partial charge on any atom is -0.480 e. The minimum atomic E-state index is -1.10. The summed E-state index contributed by atoms with van der Waals surface area (Å²) in [6.07, 6.45) is 0.609. The maximum Gasteiger partial charge on any atom is 0.326 e. The Morgan fingerprint density at radius 1 is 1.20 bits per heavy atom. The fourth-order valence-electron chi connectivity index (χ4n) is 2.34. The lowest BCUT2D eigenvalue weighted by atomic mass is 9.99. The van der Waals surface area contributed by atoms with E-state index in [0.717, 1.165) is 5.56 Å². The summed E-state index contributed by atoms with van der Waals surface area (Å²) in [6.45, 7) is 3.84. The predicted molar refractivity (Wildman–Crippen MR) is 92.4 cm³/mol. The third-order valence-corrected chi connectivity index (χ3v) is 4.04. The molecule has 1 aromatic heterocycles. The molecule has 132 valence electrons. The van der Waals surface area contributed by atoms with Crippen molar-refractivity contribution in [1.82, 2.24) is 15.1 Å². The van der Waals surface area contributed by atoms with Crippen LogP contribution < -0.4 is 10.9 Å². The van der Waals surface area contributed by atoms with Crippen LogP contribution in [0.5, 0.6) is 0 Å². The summed E-state index contributed by atoms with van der Waals surface area (Å²) in [5, 5.41) is 15.8. The first-order valence-corrected chi connectivity index (χ1v) is 8.08. The first-order valence-electron chi connectivity index (χ1n) is 8.08. The Bertz CT molecular complexity index is 801. The van der Waals surface area contributed by atoms with Gasteiger partial charge in [0.05, 0.1) is 6.54 Å². The highest BCUT2D eigenvalue weighted by Gasteiger charge is 2.26. The van der Waals surface area contributed by atoms with Crippen LogP contribution in [0.3, 0.4) is 0 Å². The molecule has 25 heavy (non-hydrogen) atoms. The molecule has 0 fully saturated rings. The maximum absolute atomic E-state index is 12.3. The zero-order chi connectivity index (χ0) is 18.4. The fraction of sp³-hybridized carbons (Fsp3) is 0.333. The monoisotopic (exact) mass is 343 g/mol. The van der Waals surface area contributed by atoms with Crippen molar-refractivity contribution >= 4 is 11.9 Å². The standard InChI is InChI=1S/C18H21N3O4/c1-3-12(2)16(18(24)25)19-17(23)14-9-10-15(22)21(20-14)11-13-7-5-4-6-8-13/h4-10,12,16H,3,11H2,1-2H3,(H,19,23)(H,24,25)/t12-,16-/m0/s1. The van der Waals surface area contributed by atoms with Gasteiger partial charge in [0, 0.05) is 6.07 Å². The number of rotatable bonds is 7. The molecule has 1 heterocycles. The number of nitrogens with zero attached hydrogens (tertiary/aromatic N) is 2. The van der Waals surface area contributed by atoms with Gasteiger partial charge >= 0.3 is 5.97 Å². The van der Waals surface area contributed by atoms with Gasteiger partial charge in [-0.25, -0.2) is 9.48 Å². The Balaban J connectivity index is 2.21. The molecule has 0 unspecified atom stereocenters. The Labute approximate surface area is 145 Å². The second-order valence-corrected chi connectivity index (χ2v) is 5.87. The average Bonchev–Trinajstić information content (AvgIpc) is 2.61. The molecule has 0 aliphatic heterocycles. The van der Waals surface area contributed by atoms with E-state index in [1.165, 1.54) is 16.8 Å². The van der Waals surface area contributed by atoms with Gasteiger partial charge in [-0.2, -0.15) is 5.10 Å². The first-order chi connectivity index (χ1) is 11.9. The lowest BCUT2D eigenvalue weighted by molar-refractivity contribution is -0.140. The number of amides is 1. The zero-order valence-corrected chi connectivity index (χ0v) is 14.2. The molecule has 1 amide bonds. The molecule has 0 saturated heterocycles. The fourth-order valence-corrected chi connectivity index (χ4v) is 2.34. The van der Waals surface area contributed by atoms with Crippen LogP contribution in [0.1, 0.15) is 36.3 Å². The van der Waals surface area contributed by atoms with Gasteiger partial charge in [-0.15, -0.1) is 0 Å². The van der Waals surface area contributed by atoms with Gasteiger partial charge in [0.25, 0.3) is 11.5 Å². The molecule has 0 radical (unpaired) electrons. The molecule has 1 aromatic carbocycles. The summed E-state index contributed by atoms with van der Waals surface area (Å²) < 4.78 is 1.18. The van der Waals surface area contributed by atoms with Crippen molar-refractivity contribution in [1.29, 1.82) is 0 Å². The number of carboxylic acid groups (broad SMARTS) is 1. The smallest absolute Gasteiger partial charge is 0.326 e. The van der Waals surface area contributed by atoms with Gasteiger partial charge in [-0.1, -0.05) is 50.6 Å². The van der Waals surface area contributed by atoms with E-state index < -0.39 is 17.9 Å². The van der Waals surface area contributed by atoms with Crippen LogP contribution in [0.15, 0.2) is 47.3 Å². The van der Waals surface area contributed by atoms with Gasteiger partial charge in [0.2, 0.25) is 0 Å². The van der Waals surface area contributed by atoms with Crippen LogP contribution in [0.2, 0.25) is 0 Å². The average molecular weight is 343 g/mol. The van der Waals surface area contributed by atoms with E-state index in [9.17, 15) is 19.5 Å². The van der Waals surface area contributed by atoms with Gasteiger partial charge in [-0.05, 0) is 17.5 Å². The number of carboxylic acids is 1. The van der Waals surface area contributed by atoms with E-state index in [4.69, 9.17) is 0 Å². The third-order valence-electron chi connectivity index (χ3n) is 4.04. The molecule has 2 N–H and O–H groups in total. The summed E-state index contributed by atoms with van der Waals surface area (Å²) in [5.74, 6) is -1.94. The second-order valence-electron chi connectivity index (χ2n) is 5.87. The lowest BCUT2D eigenvalue weighted by Crippen LogP contribution is -2.45. The normalized spacial score (nSPS) is 13.0. The summed E-state index contributed by atoms with van der Waals surface area (Å²) in [5.41, 5.74) is 0.542. The molecule has 0 aliphatic carbocycles. The van der Waals surface area contributed by atoms with Gasteiger partial charge in [0.1, 0.15) is 11.7 Å². The Morgan fingerprint density at radius 3 is 2.48 bits per heavy atom. The number of hydrogen-bond acceptors (Lipinski definition) is 4. The molecule has 2 atom stereocenters. The summed E-state index contributed by atoms with van der Waals surface area (Å²) >= 11 is 0. The van der Waals surface area contributed by atoms with E-state index >= 15 is 0 Å². The number of benzene rings is 1. The van der Waals surface area contributed by atoms with Crippen LogP contribution in [0.4, 0.5) is 0 Å². The Hall–Kier alpha value is -2.96. The van der Waals surface area contributed by atoms with E-state index in [1.807, 2.05) is 37.3 Å². The molecule has 2 rings (SSSR count). The highest BCUT2D eigenvalue weighted by molar-refractivity contribution is 5.94. The quantitative estimate of drug-likeness (QED) is 0.794. The first kappa shape index (κ1) is 18.4. The Morgan fingerprint density at radius 2 is 1.88 bits per heavy atom. The molecule has 0 aliphatic rings. The molecule has 7 heteroatoms. The lowest BCUT2D eigenvalue weighted by Gasteiger charge is -2.20. The molecule has 0 spiro atoms. The predicted octanol–water partition coefficient (Wildman–Crippen LogP) is 1.52.